The first kappa shape index (κ1) is 17.1. The summed E-state index contributed by atoms with van der Waals surface area (Å²) in [5, 5.41) is 12.4. The van der Waals surface area contributed by atoms with Gasteiger partial charge >= 0.3 is 12.0 Å². The van der Waals surface area contributed by atoms with Gasteiger partial charge in [0.15, 0.2) is 0 Å². The standard InChI is InChI=1S/C14H26N2O3S/c1-10(2)8-16(9-13(17)18)14(19)15-11-6-4-5-7-12(11)20-3/h10-12H,4-9H2,1-3H3,(H,15,19)(H,17,18). The Kier molecular flexibility index (Phi) is 7.19. The zero-order chi connectivity index (χ0) is 15.1. The van der Waals surface area contributed by atoms with E-state index in [2.05, 4.69) is 11.6 Å². The highest BCUT2D eigenvalue weighted by Gasteiger charge is 2.28. The van der Waals surface area contributed by atoms with Crippen molar-refractivity contribution in [2.45, 2.75) is 50.8 Å². The number of aliphatic carboxylic acids is 1. The fourth-order valence-corrected chi connectivity index (χ4v) is 3.55. The van der Waals surface area contributed by atoms with Gasteiger partial charge in [0.1, 0.15) is 6.54 Å². The quantitative estimate of drug-likeness (QED) is 0.790. The van der Waals surface area contributed by atoms with Crippen molar-refractivity contribution >= 4 is 23.8 Å². The minimum Gasteiger partial charge on any atom is -0.480 e. The van der Waals surface area contributed by atoms with Crippen molar-refractivity contribution in [3.63, 3.8) is 0 Å². The lowest BCUT2D eigenvalue weighted by Gasteiger charge is -2.33. The molecule has 0 radical (unpaired) electrons. The summed E-state index contributed by atoms with van der Waals surface area (Å²) in [7, 11) is 0. The van der Waals surface area contributed by atoms with Crippen LogP contribution in [0.2, 0.25) is 0 Å². The Hall–Kier alpha value is -0.910. The number of nitrogens with zero attached hydrogens (tertiary/aromatic N) is 1. The number of nitrogens with one attached hydrogen (secondary N) is 1. The Morgan fingerprint density at radius 1 is 1.35 bits per heavy atom. The molecule has 1 rings (SSSR count). The van der Waals surface area contributed by atoms with Gasteiger partial charge in [-0.2, -0.15) is 11.8 Å². The highest BCUT2D eigenvalue weighted by Crippen LogP contribution is 2.27. The highest BCUT2D eigenvalue weighted by molar-refractivity contribution is 7.99. The molecule has 2 amide bonds. The fraction of sp³-hybridized carbons (Fsp3) is 0.857. The molecule has 1 saturated carbocycles. The number of rotatable bonds is 6. The predicted octanol–water partition coefficient (Wildman–Crippen LogP) is 2.41. The van der Waals surface area contributed by atoms with Crippen molar-refractivity contribution in [1.29, 1.82) is 0 Å². The molecule has 0 bridgehead atoms. The molecular weight excluding hydrogens is 276 g/mol. The number of carbonyl (C=O) groups excluding carboxylic acids is 1. The number of urea groups is 1. The summed E-state index contributed by atoms with van der Waals surface area (Å²) in [6, 6.07) is -0.0817. The Labute approximate surface area is 125 Å². The Morgan fingerprint density at radius 3 is 2.55 bits per heavy atom. The molecule has 1 aliphatic carbocycles. The van der Waals surface area contributed by atoms with E-state index in [0.29, 0.717) is 11.8 Å². The Bertz CT molecular complexity index is 336. The van der Waals surface area contributed by atoms with Gasteiger partial charge in [-0.3, -0.25) is 4.79 Å². The van der Waals surface area contributed by atoms with Crippen LogP contribution >= 0.6 is 11.8 Å². The van der Waals surface area contributed by atoms with Crippen molar-refractivity contribution in [2.75, 3.05) is 19.3 Å². The maximum absolute atomic E-state index is 12.3. The summed E-state index contributed by atoms with van der Waals surface area (Å²) in [5.74, 6) is -0.714. The second-order valence-electron chi connectivity index (χ2n) is 5.78. The molecule has 1 aliphatic rings. The Balaban J connectivity index is 2.61. The van der Waals surface area contributed by atoms with E-state index in [-0.39, 0.29) is 24.5 Å². The van der Waals surface area contributed by atoms with Crippen molar-refractivity contribution in [3.8, 4) is 0 Å². The van der Waals surface area contributed by atoms with E-state index in [4.69, 9.17) is 5.11 Å². The van der Waals surface area contributed by atoms with Gasteiger partial charge in [-0.05, 0) is 25.0 Å². The number of thioether (sulfide) groups is 1. The van der Waals surface area contributed by atoms with E-state index in [1.807, 2.05) is 13.8 Å². The molecule has 0 aromatic rings. The first-order valence-corrected chi connectivity index (χ1v) is 8.52. The molecule has 0 heterocycles. The predicted molar refractivity (Wildman–Crippen MR) is 82.1 cm³/mol. The molecule has 0 saturated heterocycles. The zero-order valence-electron chi connectivity index (χ0n) is 12.6. The van der Waals surface area contributed by atoms with Gasteiger partial charge in [0.05, 0.1) is 0 Å². The molecule has 0 aromatic heterocycles. The normalized spacial score (nSPS) is 22.6. The topological polar surface area (TPSA) is 69.6 Å². The number of amides is 2. The van der Waals surface area contributed by atoms with Crippen LogP contribution in [0.3, 0.4) is 0 Å². The monoisotopic (exact) mass is 302 g/mol. The molecule has 0 spiro atoms. The van der Waals surface area contributed by atoms with Crippen LogP contribution in [-0.4, -0.2) is 52.6 Å². The first-order chi connectivity index (χ1) is 9.43. The van der Waals surface area contributed by atoms with Crippen LogP contribution in [0.5, 0.6) is 0 Å². The average Bonchev–Trinajstić information content (AvgIpc) is 2.37. The molecule has 20 heavy (non-hydrogen) atoms. The number of hydrogen-bond acceptors (Lipinski definition) is 3. The second kappa shape index (κ2) is 8.39. The minimum atomic E-state index is -0.967. The molecule has 0 aromatic carbocycles. The smallest absolute Gasteiger partial charge is 0.323 e. The van der Waals surface area contributed by atoms with E-state index in [1.54, 1.807) is 11.8 Å². The zero-order valence-corrected chi connectivity index (χ0v) is 13.4. The third-order valence-electron chi connectivity index (χ3n) is 3.51. The van der Waals surface area contributed by atoms with Gasteiger partial charge < -0.3 is 15.3 Å². The molecule has 6 heteroatoms. The van der Waals surface area contributed by atoms with Crippen LogP contribution in [0, 0.1) is 5.92 Å². The third-order valence-corrected chi connectivity index (χ3v) is 4.68. The molecule has 5 nitrogen and oxygen atoms in total. The summed E-state index contributed by atoms with van der Waals surface area (Å²) in [4.78, 5) is 24.6. The maximum Gasteiger partial charge on any atom is 0.323 e. The second-order valence-corrected chi connectivity index (χ2v) is 6.86. The summed E-state index contributed by atoms with van der Waals surface area (Å²) in [5.41, 5.74) is 0. The SMILES string of the molecule is CSC1CCCCC1NC(=O)N(CC(=O)O)CC(C)C. The summed E-state index contributed by atoms with van der Waals surface area (Å²) in [6.45, 7) is 4.19. The molecule has 0 aliphatic heterocycles. The number of carbonyl (C=O) groups is 2. The van der Waals surface area contributed by atoms with Gasteiger partial charge in [-0.1, -0.05) is 26.7 Å². The van der Waals surface area contributed by atoms with Gasteiger partial charge in [-0.25, -0.2) is 4.79 Å². The lowest BCUT2D eigenvalue weighted by Crippen LogP contribution is -2.51. The van der Waals surface area contributed by atoms with E-state index in [9.17, 15) is 9.59 Å². The number of carboxylic acids is 1. The molecular formula is C14H26N2O3S. The molecule has 2 unspecified atom stereocenters. The lowest BCUT2D eigenvalue weighted by molar-refractivity contribution is -0.137. The molecule has 2 atom stereocenters. The van der Waals surface area contributed by atoms with Crippen LogP contribution in [-0.2, 0) is 4.79 Å². The average molecular weight is 302 g/mol. The van der Waals surface area contributed by atoms with Crippen LogP contribution in [0.1, 0.15) is 39.5 Å². The Morgan fingerprint density at radius 2 is 2.00 bits per heavy atom. The van der Waals surface area contributed by atoms with E-state index in [0.717, 1.165) is 19.3 Å². The van der Waals surface area contributed by atoms with E-state index < -0.39 is 5.97 Å². The highest BCUT2D eigenvalue weighted by atomic mass is 32.2. The largest absolute Gasteiger partial charge is 0.480 e. The van der Waals surface area contributed by atoms with E-state index >= 15 is 0 Å². The minimum absolute atomic E-state index is 0.162. The van der Waals surface area contributed by atoms with Crippen LogP contribution in [0.4, 0.5) is 4.79 Å². The van der Waals surface area contributed by atoms with Crippen LogP contribution < -0.4 is 5.32 Å². The van der Waals surface area contributed by atoms with Gasteiger partial charge in [0.25, 0.3) is 0 Å². The van der Waals surface area contributed by atoms with Crippen molar-refractivity contribution in [2.24, 2.45) is 5.92 Å². The van der Waals surface area contributed by atoms with Gasteiger partial charge in [0, 0.05) is 17.8 Å². The van der Waals surface area contributed by atoms with Crippen molar-refractivity contribution in [1.82, 2.24) is 10.2 Å². The van der Waals surface area contributed by atoms with Crippen molar-refractivity contribution in [3.05, 3.63) is 0 Å². The number of carboxylic acid groups (broad SMARTS) is 1. The van der Waals surface area contributed by atoms with Crippen molar-refractivity contribution < 1.29 is 14.7 Å². The summed E-state index contributed by atoms with van der Waals surface area (Å²) < 4.78 is 0. The third kappa shape index (κ3) is 5.61. The fourth-order valence-electron chi connectivity index (χ4n) is 2.62. The van der Waals surface area contributed by atoms with Crippen LogP contribution in [0.15, 0.2) is 0 Å². The van der Waals surface area contributed by atoms with E-state index in [1.165, 1.54) is 11.3 Å². The number of hydrogen-bond donors (Lipinski definition) is 2. The molecule has 116 valence electrons. The summed E-state index contributed by atoms with van der Waals surface area (Å²) in [6.07, 6.45) is 6.52. The maximum atomic E-state index is 12.3. The molecule has 2 N–H and O–H groups in total. The van der Waals surface area contributed by atoms with Crippen LogP contribution in [0.25, 0.3) is 0 Å². The van der Waals surface area contributed by atoms with Gasteiger partial charge in [0.2, 0.25) is 0 Å². The first-order valence-electron chi connectivity index (χ1n) is 7.24. The van der Waals surface area contributed by atoms with Gasteiger partial charge in [-0.15, -0.1) is 0 Å². The molecule has 1 fully saturated rings. The lowest BCUT2D eigenvalue weighted by atomic mass is 9.95. The summed E-state index contributed by atoms with van der Waals surface area (Å²) >= 11 is 1.79.